The third-order valence-corrected chi connectivity index (χ3v) is 3.54. The first kappa shape index (κ1) is 14.8. The van der Waals surface area contributed by atoms with Gasteiger partial charge in [-0.05, 0) is 44.3 Å². The van der Waals surface area contributed by atoms with Crippen LogP contribution in [0.3, 0.4) is 0 Å². The number of thiocarbonyl (C=S) groups is 1. The second kappa shape index (κ2) is 7.26. The summed E-state index contributed by atoms with van der Waals surface area (Å²) < 4.78 is 0. The van der Waals surface area contributed by atoms with Crippen LogP contribution in [0.25, 0.3) is 0 Å². The van der Waals surface area contributed by atoms with Gasteiger partial charge in [-0.2, -0.15) is 0 Å². The van der Waals surface area contributed by atoms with Crippen LogP contribution >= 0.6 is 12.2 Å². The Balaban J connectivity index is 1.74. The molecule has 0 saturated carbocycles. The molecular weight excluding hydrogens is 268 g/mol. The van der Waals surface area contributed by atoms with Crippen molar-refractivity contribution in [2.24, 2.45) is 0 Å². The van der Waals surface area contributed by atoms with Crippen molar-refractivity contribution in [1.29, 1.82) is 0 Å². The van der Waals surface area contributed by atoms with E-state index < -0.39 is 0 Å². The Hall–Kier alpha value is -1.59. The Morgan fingerprint density at radius 3 is 2.60 bits per heavy atom. The Morgan fingerprint density at radius 1 is 1.25 bits per heavy atom. The van der Waals surface area contributed by atoms with Crippen molar-refractivity contribution in [3.63, 3.8) is 0 Å². The van der Waals surface area contributed by atoms with E-state index in [9.17, 15) is 0 Å². The fraction of sp³-hybridized carbons (Fsp3) is 0.400. The van der Waals surface area contributed by atoms with Crippen molar-refractivity contribution in [3.05, 3.63) is 42.1 Å². The van der Waals surface area contributed by atoms with E-state index >= 15 is 0 Å². The van der Waals surface area contributed by atoms with Gasteiger partial charge in [-0.3, -0.25) is 10.3 Å². The largest absolute Gasteiger partial charge is 0.331 e. The maximum atomic E-state index is 5.25. The van der Waals surface area contributed by atoms with Crippen LogP contribution in [-0.4, -0.2) is 29.1 Å². The van der Waals surface area contributed by atoms with Crippen molar-refractivity contribution in [2.75, 3.05) is 18.4 Å². The minimum atomic E-state index is 0.573. The monoisotopic (exact) mass is 290 g/mol. The molecule has 0 fully saturated rings. The topological polar surface area (TPSA) is 39.3 Å². The van der Waals surface area contributed by atoms with Gasteiger partial charge in [-0.15, -0.1) is 0 Å². The van der Waals surface area contributed by atoms with Crippen LogP contribution in [0.5, 0.6) is 0 Å². The van der Waals surface area contributed by atoms with Crippen LogP contribution < -0.4 is 16.2 Å². The highest BCUT2D eigenvalue weighted by Gasteiger charge is 2.13. The lowest BCUT2D eigenvalue weighted by atomic mass is 10.2. The molecule has 108 valence electrons. The average Bonchev–Trinajstić information content (AvgIpc) is 2.46. The van der Waals surface area contributed by atoms with Gasteiger partial charge in [0.25, 0.3) is 0 Å². The van der Waals surface area contributed by atoms with Crippen molar-refractivity contribution in [3.8, 4) is 0 Å². The Morgan fingerprint density at radius 2 is 2.00 bits per heavy atom. The maximum Gasteiger partial charge on any atom is 0.189 e. The van der Waals surface area contributed by atoms with E-state index in [0.717, 1.165) is 25.2 Å². The van der Waals surface area contributed by atoms with E-state index in [1.54, 1.807) is 0 Å². The van der Waals surface area contributed by atoms with Crippen molar-refractivity contribution < 1.29 is 0 Å². The number of hydrogen-bond acceptors (Lipinski definition) is 3. The van der Waals surface area contributed by atoms with Crippen molar-refractivity contribution in [1.82, 2.24) is 15.8 Å². The lowest BCUT2D eigenvalue weighted by Gasteiger charge is -2.30. The SMILES string of the molecule is CC(C)N1CC=C(NNC(=S)Nc2ccccc2)CC1. The fourth-order valence-electron chi connectivity index (χ4n) is 2.09. The minimum Gasteiger partial charge on any atom is -0.331 e. The molecule has 1 heterocycles. The zero-order chi connectivity index (χ0) is 14.4. The van der Waals surface area contributed by atoms with E-state index in [4.69, 9.17) is 12.2 Å². The number of nitrogens with zero attached hydrogens (tertiary/aromatic N) is 1. The van der Waals surface area contributed by atoms with E-state index in [1.807, 2.05) is 30.3 Å². The molecule has 0 unspecified atom stereocenters. The first-order valence-corrected chi connectivity index (χ1v) is 7.37. The molecule has 1 aliphatic heterocycles. The van der Waals surface area contributed by atoms with E-state index in [2.05, 4.69) is 41.0 Å². The molecule has 1 aromatic carbocycles. The summed E-state index contributed by atoms with van der Waals surface area (Å²) in [5.41, 5.74) is 8.39. The molecule has 5 heteroatoms. The Kier molecular flexibility index (Phi) is 5.38. The minimum absolute atomic E-state index is 0.573. The average molecular weight is 290 g/mol. The number of para-hydroxylation sites is 1. The van der Waals surface area contributed by atoms with Gasteiger partial charge in [0.2, 0.25) is 0 Å². The van der Waals surface area contributed by atoms with Crippen LogP contribution in [0.2, 0.25) is 0 Å². The molecule has 3 N–H and O–H groups in total. The van der Waals surface area contributed by atoms with Crippen LogP contribution in [0.1, 0.15) is 20.3 Å². The summed E-state index contributed by atoms with van der Waals surface area (Å²) in [5.74, 6) is 0. The van der Waals surface area contributed by atoms with Gasteiger partial charge >= 0.3 is 0 Å². The standard InChI is InChI=1S/C15H22N4S/c1-12(2)19-10-8-14(9-11-19)17-18-15(20)16-13-6-4-3-5-7-13/h3-8,12,17H,9-11H2,1-2H3,(H2,16,18,20). The van der Waals surface area contributed by atoms with Gasteiger partial charge in [-0.1, -0.05) is 18.2 Å². The normalized spacial score (nSPS) is 15.7. The molecule has 4 nitrogen and oxygen atoms in total. The number of anilines is 1. The van der Waals surface area contributed by atoms with Crippen molar-refractivity contribution >= 4 is 23.0 Å². The van der Waals surface area contributed by atoms with Gasteiger partial charge in [0.15, 0.2) is 5.11 Å². The number of hydrogen-bond donors (Lipinski definition) is 3. The molecule has 1 aliphatic rings. The highest BCUT2D eigenvalue weighted by atomic mass is 32.1. The summed E-state index contributed by atoms with van der Waals surface area (Å²) in [7, 11) is 0. The van der Waals surface area contributed by atoms with Gasteiger partial charge in [0, 0.05) is 36.9 Å². The maximum absolute atomic E-state index is 5.25. The molecular formula is C15H22N4S. The Labute approximate surface area is 126 Å². The first-order valence-electron chi connectivity index (χ1n) is 6.96. The molecule has 0 aliphatic carbocycles. The van der Waals surface area contributed by atoms with Crippen LogP contribution in [0.4, 0.5) is 5.69 Å². The molecule has 0 bridgehead atoms. The zero-order valence-electron chi connectivity index (χ0n) is 12.0. The summed E-state index contributed by atoms with van der Waals surface area (Å²) in [6.07, 6.45) is 3.22. The molecule has 0 amide bonds. The van der Waals surface area contributed by atoms with Gasteiger partial charge in [0.1, 0.15) is 0 Å². The molecule has 0 saturated heterocycles. The number of benzene rings is 1. The quantitative estimate of drug-likeness (QED) is 0.587. The van der Waals surface area contributed by atoms with E-state index in [0.29, 0.717) is 11.2 Å². The molecule has 0 aromatic heterocycles. The van der Waals surface area contributed by atoms with Gasteiger partial charge < -0.3 is 10.7 Å². The van der Waals surface area contributed by atoms with Gasteiger partial charge in [0.05, 0.1) is 0 Å². The van der Waals surface area contributed by atoms with Crippen molar-refractivity contribution in [2.45, 2.75) is 26.3 Å². The molecule has 20 heavy (non-hydrogen) atoms. The molecule has 0 radical (unpaired) electrons. The predicted octanol–water partition coefficient (Wildman–Crippen LogP) is 2.48. The third kappa shape index (κ3) is 4.51. The lowest BCUT2D eigenvalue weighted by molar-refractivity contribution is 0.236. The van der Waals surface area contributed by atoms with Gasteiger partial charge in [-0.25, -0.2) is 0 Å². The summed E-state index contributed by atoms with van der Waals surface area (Å²) in [6, 6.07) is 10.5. The summed E-state index contributed by atoms with van der Waals surface area (Å²) >= 11 is 5.25. The fourth-order valence-corrected chi connectivity index (χ4v) is 2.26. The molecule has 0 atom stereocenters. The molecule has 1 aromatic rings. The zero-order valence-corrected chi connectivity index (χ0v) is 12.8. The predicted molar refractivity (Wildman–Crippen MR) is 88.3 cm³/mol. The lowest BCUT2D eigenvalue weighted by Crippen LogP contribution is -2.43. The van der Waals surface area contributed by atoms with E-state index in [-0.39, 0.29) is 0 Å². The second-order valence-electron chi connectivity index (χ2n) is 5.14. The van der Waals surface area contributed by atoms with Crippen LogP contribution in [-0.2, 0) is 0 Å². The highest BCUT2D eigenvalue weighted by Crippen LogP contribution is 2.10. The number of hydrazine groups is 1. The molecule has 0 spiro atoms. The summed E-state index contributed by atoms with van der Waals surface area (Å²) in [5, 5.41) is 3.70. The Bertz CT molecular complexity index is 470. The third-order valence-electron chi connectivity index (χ3n) is 3.34. The summed E-state index contributed by atoms with van der Waals surface area (Å²) in [4.78, 5) is 2.44. The highest BCUT2D eigenvalue weighted by molar-refractivity contribution is 7.80. The second-order valence-corrected chi connectivity index (χ2v) is 5.55. The molecule has 2 rings (SSSR count). The van der Waals surface area contributed by atoms with Crippen LogP contribution in [0.15, 0.2) is 42.1 Å². The van der Waals surface area contributed by atoms with E-state index in [1.165, 1.54) is 5.70 Å². The number of nitrogens with one attached hydrogen (secondary N) is 3. The smallest absolute Gasteiger partial charge is 0.189 e. The summed E-state index contributed by atoms with van der Waals surface area (Å²) in [6.45, 7) is 6.52. The first-order chi connectivity index (χ1) is 9.65. The van der Waals surface area contributed by atoms with Crippen LogP contribution in [0, 0.1) is 0 Å². The number of rotatable bonds is 4.